The standard InChI is InChI=1S/C43H46Cl3F6N9O5/c1-65-39-28(25-54-11-13-59-16-20-61(21-17-59)41(64)43(50,51)52)22-31(44)34(57-39)26-66-35-7-3-5-30(37(35)46)29-4-2-6-32(36(29)45)56-38(62)33-9-8-27(24-55-33)23-53-10-12-58-14-18-60(19-15-58)40(63)42(47,48)49/h2-9,22,24,53-54H,10-21,23,25-26H2,1H3,(H,56,62). The average Bonchev–Trinajstić information content (AvgIpc) is 3.29. The van der Waals surface area contributed by atoms with E-state index in [2.05, 4.69) is 25.9 Å². The maximum atomic E-state index is 13.2. The fourth-order valence-corrected chi connectivity index (χ4v) is 8.04. The van der Waals surface area contributed by atoms with Crippen LogP contribution in [0.3, 0.4) is 0 Å². The van der Waals surface area contributed by atoms with Gasteiger partial charge in [0.1, 0.15) is 23.7 Å². The Morgan fingerprint density at radius 1 is 0.727 bits per heavy atom. The zero-order valence-electron chi connectivity index (χ0n) is 35.5. The van der Waals surface area contributed by atoms with Gasteiger partial charge in [-0.1, -0.05) is 65.1 Å². The third kappa shape index (κ3) is 13.4. The molecule has 2 aromatic heterocycles. The zero-order valence-corrected chi connectivity index (χ0v) is 37.8. The van der Waals surface area contributed by atoms with Crippen molar-refractivity contribution in [2.75, 3.05) is 91.0 Å². The summed E-state index contributed by atoms with van der Waals surface area (Å²) >= 11 is 20.3. The van der Waals surface area contributed by atoms with Crippen molar-refractivity contribution < 1.29 is 50.2 Å². The quantitative estimate of drug-likeness (QED) is 0.0785. The van der Waals surface area contributed by atoms with Gasteiger partial charge < -0.3 is 35.2 Å². The lowest BCUT2D eigenvalue weighted by Gasteiger charge is -2.34. The largest absolute Gasteiger partial charge is 0.486 e. The Morgan fingerprint density at radius 2 is 1.29 bits per heavy atom. The number of anilines is 1. The maximum Gasteiger partial charge on any atom is 0.471 e. The highest BCUT2D eigenvalue weighted by Gasteiger charge is 2.44. The number of methoxy groups -OCH3 is 1. The molecule has 66 heavy (non-hydrogen) atoms. The van der Waals surface area contributed by atoms with Crippen LogP contribution in [-0.4, -0.2) is 145 Å². The molecule has 0 atom stereocenters. The van der Waals surface area contributed by atoms with E-state index < -0.39 is 30.1 Å². The lowest BCUT2D eigenvalue weighted by Crippen LogP contribution is -2.53. The van der Waals surface area contributed by atoms with E-state index in [1.165, 1.54) is 7.11 Å². The molecule has 0 aliphatic carbocycles. The smallest absolute Gasteiger partial charge is 0.471 e. The fraction of sp³-hybridized carbons (Fsp3) is 0.419. The van der Waals surface area contributed by atoms with Crippen molar-refractivity contribution in [2.24, 2.45) is 0 Å². The van der Waals surface area contributed by atoms with Gasteiger partial charge >= 0.3 is 24.2 Å². The molecule has 4 aromatic rings. The Morgan fingerprint density at radius 3 is 1.83 bits per heavy atom. The second-order valence-corrected chi connectivity index (χ2v) is 16.4. The van der Waals surface area contributed by atoms with Crippen LogP contribution in [0.2, 0.25) is 15.1 Å². The van der Waals surface area contributed by atoms with Gasteiger partial charge in [0.25, 0.3) is 5.91 Å². The van der Waals surface area contributed by atoms with Gasteiger partial charge in [-0.05, 0) is 29.8 Å². The molecule has 14 nitrogen and oxygen atoms in total. The molecule has 0 spiro atoms. The van der Waals surface area contributed by atoms with Gasteiger partial charge in [-0.3, -0.25) is 29.2 Å². The van der Waals surface area contributed by atoms with Crippen LogP contribution in [0.15, 0.2) is 60.8 Å². The number of rotatable bonds is 17. The molecule has 2 aliphatic heterocycles. The number of alkyl halides is 6. The van der Waals surface area contributed by atoms with Gasteiger partial charge in [0, 0.05) is 115 Å². The number of hydrogen-bond acceptors (Lipinski definition) is 11. The number of hydrogen-bond donors (Lipinski definition) is 3. The first-order chi connectivity index (χ1) is 31.4. The minimum absolute atomic E-state index is 0.00506. The van der Waals surface area contributed by atoms with Crippen LogP contribution in [-0.2, 0) is 29.3 Å². The molecule has 6 rings (SSSR count). The molecule has 356 valence electrons. The maximum absolute atomic E-state index is 13.2. The number of carbonyl (C=O) groups is 3. The lowest BCUT2D eigenvalue weighted by molar-refractivity contribution is -0.187. The number of aromatic nitrogens is 2. The van der Waals surface area contributed by atoms with E-state index in [0.717, 1.165) is 15.4 Å². The second-order valence-electron chi connectivity index (χ2n) is 15.3. The normalized spacial score (nSPS) is 15.2. The van der Waals surface area contributed by atoms with E-state index in [1.54, 1.807) is 60.8 Å². The van der Waals surface area contributed by atoms with Gasteiger partial charge in [0.05, 0.1) is 27.9 Å². The minimum atomic E-state index is -4.88. The molecular formula is C43H46Cl3F6N9O5. The van der Waals surface area contributed by atoms with Crippen LogP contribution >= 0.6 is 34.8 Å². The molecule has 2 saturated heterocycles. The monoisotopic (exact) mass is 987 g/mol. The summed E-state index contributed by atoms with van der Waals surface area (Å²) < 4.78 is 88.0. The molecule has 4 heterocycles. The topological polar surface area (TPSA) is 144 Å². The number of halogens is 9. The first-order valence-electron chi connectivity index (χ1n) is 20.7. The van der Waals surface area contributed by atoms with Crippen LogP contribution in [0, 0.1) is 0 Å². The highest BCUT2D eigenvalue weighted by molar-refractivity contribution is 6.39. The van der Waals surface area contributed by atoms with Crippen molar-refractivity contribution in [3.8, 4) is 22.8 Å². The van der Waals surface area contributed by atoms with E-state index in [0.29, 0.717) is 110 Å². The number of piperazine rings is 2. The number of pyridine rings is 2. The van der Waals surface area contributed by atoms with Crippen molar-refractivity contribution >= 4 is 58.2 Å². The lowest BCUT2D eigenvalue weighted by atomic mass is 10.0. The Hall–Kier alpha value is -4.96. The molecule has 0 bridgehead atoms. The van der Waals surface area contributed by atoms with Crippen molar-refractivity contribution in [2.45, 2.75) is 32.0 Å². The Balaban J connectivity index is 0.972. The van der Waals surface area contributed by atoms with Gasteiger partial charge in [0.2, 0.25) is 5.88 Å². The first-order valence-corrected chi connectivity index (χ1v) is 21.8. The number of carbonyl (C=O) groups excluding carboxylic acids is 3. The summed E-state index contributed by atoms with van der Waals surface area (Å²) in [5.74, 6) is -3.50. The molecule has 0 saturated carbocycles. The van der Waals surface area contributed by atoms with Crippen molar-refractivity contribution in [1.82, 2.24) is 40.2 Å². The third-order valence-electron chi connectivity index (χ3n) is 10.9. The minimum Gasteiger partial charge on any atom is -0.486 e. The molecule has 2 aliphatic rings. The van der Waals surface area contributed by atoms with Crippen molar-refractivity contribution in [3.05, 3.63) is 98.4 Å². The molecule has 3 N–H and O–H groups in total. The molecule has 0 unspecified atom stereocenters. The van der Waals surface area contributed by atoms with E-state index >= 15 is 0 Å². The van der Waals surface area contributed by atoms with Crippen molar-refractivity contribution in [3.63, 3.8) is 0 Å². The molecule has 2 fully saturated rings. The summed E-state index contributed by atoms with van der Waals surface area (Å²) in [4.78, 5) is 50.6. The van der Waals surface area contributed by atoms with Gasteiger partial charge in [-0.15, -0.1) is 0 Å². The summed E-state index contributed by atoms with van der Waals surface area (Å²) in [5, 5.41) is 10.1. The van der Waals surface area contributed by atoms with Gasteiger partial charge in [0.15, 0.2) is 0 Å². The highest BCUT2D eigenvalue weighted by atomic mass is 35.5. The number of ether oxygens (including phenoxy) is 2. The molecule has 0 radical (unpaired) electrons. The number of amides is 3. The van der Waals surface area contributed by atoms with E-state index in [9.17, 15) is 40.7 Å². The predicted octanol–water partition coefficient (Wildman–Crippen LogP) is 6.54. The van der Waals surface area contributed by atoms with Crippen LogP contribution in [0.4, 0.5) is 32.0 Å². The summed E-state index contributed by atoms with van der Waals surface area (Å²) in [7, 11) is 1.47. The first kappa shape index (κ1) is 50.5. The number of nitrogens with zero attached hydrogens (tertiary/aromatic N) is 6. The highest BCUT2D eigenvalue weighted by Crippen LogP contribution is 2.41. The molecule has 23 heteroatoms. The summed E-state index contributed by atoms with van der Waals surface area (Å²) in [5.41, 5.74) is 3.36. The van der Waals surface area contributed by atoms with Crippen LogP contribution in [0.5, 0.6) is 11.6 Å². The van der Waals surface area contributed by atoms with E-state index in [-0.39, 0.29) is 48.5 Å². The van der Waals surface area contributed by atoms with Crippen LogP contribution in [0.1, 0.15) is 27.3 Å². The van der Waals surface area contributed by atoms with Gasteiger partial charge in [-0.2, -0.15) is 26.3 Å². The molecule has 3 amide bonds. The Kier molecular flexibility index (Phi) is 17.3. The van der Waals surface area contributed by atoms with Crippen LogP contribution < -0.4 is 25.4 Å². The summed E-state index contributed by atoms with van der Waals surface area (Å²) in [6, 6.07) is 15.3. The number of benzene rings is 2. The van der Waals surface area contributed by atoms with Crippen LogP contribution in [0.25, 0.3) is 11.1 Å². The van der Waals surface area contributed by atoms with E-state index in [4.69, 9.17) is 44.3 Å². The third-order valence-corrected chi connectivity index (χ3v) is 12.0. The van der Waals surface area contributed by atoms with Gasteiger partial charge in [-0.25, -0.2) is 4.98 Å². The number of nitrogens with one attached hydrogen (secondary N) is 3. The second kappa shape index (κ2) is 22.7. The van der Waals surface area contributed by atoms with E-state index in [1.807, 2.05) is 9.80 Å². The fourth-order valence-electron chi connectivity index (χ4n) is 7.25. The summed E-state index contributed by atoms with van der Waals surface area (Å²) in [6.45, 7) is 4.32. The Labute approximate surface area is 391 Å². The summed E-state index contributed by atoms with van der Waals surface area (Å²) in [6.07, 6.45) is -8.19. The van der Waals surface area contributed by atoms with Crippen molar-refractivity contribution in [1.29, 1.82) is 0 Å². The average molecular weight is 989 g/mol. The predicted molar refractivity (Wildman–Crippen MR) is 236 cm³/mol. The molecule has 2 aromatic carbocycles. The molecular weight excluding hydrogens is 943 g/mol. The SMILES string of the molecule is COc1nc(COc2cccc(-c3cccc(NC(=O)c4ccc(CNCCN5CCN(C(=O)C(F)(F)F)CC5)cn4)c3Cl)c2Cl)c(Cl)cc1CNCCN1CCN(C(=O)C(F)(F)F)CC1. The Bertz CT molecular complexity index is 2330. The zero-order chi connectivity index (χ0) is 47.6.